The van der Waals surface area contributed by atoms with E-state index in [2.05, 4.69) is 10.5 Å². The average molecular weight is 517 g/mol. The second-order valence-electron chi connectivity index (χ2n) is 7.17. The van der Waals surface area contributed by atoms with E-state index >= 15 is 0 Å². The Morgan fingerprint density at radius 1 is 0.971 bits per heavy atom. The minimum atomic E-state index is -4.07. The SMILES string of the molecule is CCCOc1ccc(C(=O)N/N=C/c2cc(Cl)ccc2OS(=O)(=O)c2ccccc2)cc1OCC. The van der Waals surface area contributed by atoms with Crippen LogP contribution in [0.3, 0.4) is 0 Å². The summed E-state index contributed by atoms with van der Waals surface area (Å²) in [5.74, 6) is 0.515. The van der Waals surface area contributed by atoms with Crippen LogP contribution in [0, 0.1) is 0 Å². The predicted molar refractivity (Wildman–Crippen MR) is 134 cm³/mol. The van der Waals surface area contributed by atoms with Gasteiger partial charge in [-0.2, -0.15) is 13.5 Å². The number of carbonyl (C=O) groups is 1. The lowest BCUT2D eigenvalue weighted by atomic mass is 10.2. The van der Waals surface area contributed by atoms with Crippen LogP contribution in [0.2, 0.25) is 5.02 Å². The van der Waals surface area contributed by atoms with Crippen LogP contribution < -0.4 is 19.1 Å². The molecule has 0 aliphatic heterocycles. The summed E-state index contributed by atoms with van der Waals surface area (Å²) in [6.07, 6.45) is 2.09. The van der Waals surface area contributed by atoms with Gasteiger partial charge in [-0.15, -0.1) is 0 Å². The lowest BCUT2D eigenvalue weighted by Gasteiger charge is -2.12. The van der Waals surface area contributed by atoms with Crippen molar-refractivity contribution in [2.45, 2.75) is 25.2 Å². The second-order valence-corrected chi connectivity index (χ2v) is 9.16. The van der Waals surface area contributed by atoms with E-state index in [0.29, 0.717) is 35.3 Å². The zero-order valence-electron chi connectivity index (χ0n) is 19.2. The van der Waals surface area contributed by atoms with Gasteiger partial charge in [-0.25, -0.2) is 5.43 Å². The van der Waals surface area contributed by atoms with Crippen molar-refractivity contribution in [2.75, 3.05) is 13.2 Å². The number of halogens is 1. The molecule has 0 unspecified atom stereocenters. The summed E-state index contributed by atoms with van der Waals surface area (Å²) >= 11 is 6.06. The number of hydrazone groups is 1. The highest BCUT2D eigenvalue weighted by Crippen LogP contribution is 2.29. The van der Waals surface area contributed by atoms with Crippen LogP contribution in [0.25, 0.3) is 0 Å². The monoisotopic (exact) mass is 516 g/mol. The Kier molecular flexibility index (Phi) is 9.11. The van der Waals surface area contributed by atoms with Gasteiger partial charge in [0.1, 0.15) is 4.90 Å². The standard InChI is InChI=1S/C25H25ClN2O6S/c1-3-14-33-23-12-10-18(16-24(23)32-4-2)25(29)28-27-17-19-15-20(26)11-13-22(19)34-35(30,31)21-8-6-5-7-9-21/h5-13,15-17H,3-4,14H2,1-2H3,(H,28,29)/b27-17+. The zero-order chi connectivity index (χ0) is 25.3. The number of benzene rings is 3. The van der Waals surface area contributed by atoms with Crippen molar-refractivity contribution >= 4 is 33.8 Å². The molecular weight excluding hydrogens is 492 g/mol. The Hall–Kier alpha value is -3.56. The van der Waals surface area contributed by atoms with E-state index < -0.39 is 16.0 Å². The summed E-state index contributed by atoms with van der Waals surface area (Å²) < 4.78 is 41.7. The number of amides is 1. The second kappa shape index (κ2) is 12.2. The fourth-order valence-corrected chi connectivity index (χ4v) is 4.08. The predicted octanol–water partition coefficient (Wildman–Crippen LogP) is 5.06. The Bertz CT molecular complexity index is 1300. The molecule has 0 aromatic heterocycles. The van der Waals surface area contributed by atoms with E-state index in [9.17, 15) is 13.2 Å². The summed E-state index contributed by atoms with van der Waals surface area (Å²) in [4.78, 5) is 12.6. The molecule has 0 bridgehead atoms. The van der Waals surface area contributed by atoms with Gasteiger partial charge in [0.2, 0.25) is 0 Å². The smallest absolute Gasteiger partial charge is 0.339 e. The van der Waals surface area contributed by atoms with Gasteiger partial charge in [0, 0.05) is 16.1 Å². The molecule has 0 aliphatic rings. The van der Waals surface area contributed by atoms with Gasteiger partial charge in [0.05, 0.1) is 19.4 Å². The summed E-state index contributed by atoms with van der Waals surface area (Å²) in [7, 11) is -4.07. The van der Waals surface area contributed by atoms with Crippen LogP contribution in [0.1, 0.15) is 36.2 Å². The Labute approximate surface area is 209 Å². The van der Waals surface area contributed by atoms with Crippen molar-refractivity contribution < 1.29 is 26.9 Å². The molecule has 0 radical (unpaired) electrons. The lowest BCUT2D eigenvalue weighted by Crippen LogP contribution is -2.18. The molecule has 0 spiro atoms. The van der Waals surface area contributed by atoms with E-state index in [1.165, 1.54) is 36.5 Å². The van der Waals surface area contributed by atoms with Crippen LogP contribution in [-0.4, -0.2) is 33.8 Å². The van der Waals surface area contributed by atoms with Gasteiger partial charge in [0.15, 0.2) is 17.2 Å². The number of hydrogen-bond donors (Lipinski definition) is 1. The van der Waals surface area contributed by atoms with Crippen molar-refractivity contribution in [1.82, 2.24) is 5.43 Å². The molecule has 0 atom stereocenters. The molecule has 8 nitrogen and oxygen atoms in total. The molecule has 0 heterocycles. The van der Waals surface area contributed by atoms with Gasteiger partial charge < -0.3 is 13.7 Å². The van der Waals surface area contributed by atoms with Crippen LogP contribution >= 0.6 is 11.6 Å². The maximum absolute atomic E-state index is 12.6. The van der Waals surface area contributed by atoms with Crippen molar-refractivity contribution in [3.63, 3.8) is 0 Å². The molecule has 10 heteroatoms. The number of nitrogens with one attached hydrogen (secondary N) is 1. The van der Waals surface area contributed by atoms with Gasteiger partial charge in [-0.3, -0.25) is 4.79 Å². The molecule has 3 aromatic carbocycles. The fraction of sp³-hybridized carbons (Fsp3) is 0.200. The number of ether oxygens (including phenoxy) is 2. The molecule has 35 heavy (non-hydrogen) atoms. The van der Waals surface area contributed by atoms with Gasteiger partial charge in [-0.1, -0.05) is 36.7 Å². The first-order valence-corrected chi connectivity index (χ1v) is 12.6. The Morgan fingerprint density at radius 3 is 2.43 bits per heavy atom. The van der Waals surface area contributed by atoms with E-state index in [4.69, 9.17) is 25.3 Å². The van der Waals surface area contributed by atoms with Crippen molar-refractivity contribution in [3.05, 3.63) is 82.9 Å². The van der Waals surface area contributed by atoms with Crippen molar-refractivity contribution in [1.29, 1.82) is 0 Å². The molecular formula is C25H25ClN2O6S. The van der Waals surface area contributed by atoms with E-state index in [1.54, 1.807) is 36.4 Å². The Morgan fingerprint density at radius 2 is 1.71 bits per heavy atom. The first kappa shape index (κ1) is 26.1. The molecule has 0 fully saturated rings. The normalized spacial score (nSPS) is 11.3. The van der Waals surface area contributed by atoms with Crippen LogP contribution in [0.4, 0.5) is 0 Å². The largest absolute Gasteiger partial charge is 0.490 e. The maximum Gasteiger partial charge on any atom is 0.339 e. The third-order valence-electron chi connectivity index (χ3n) is 4.54. The van der Waals surface area contributed by atoms with Gasteiger partial charge in [-0.05, 0) is 61.9 Å². The van der Waals surface area contributed by atoms with Crippen molar-refractivity contribution in [3.8, 4) is 17.2 Å². The third-order valence-corrected chi connectivity index (χ3v) is 6.02. The highest BCUT2D eigenvalue weighted by molar-refractivity contribution is 7.87. The highest BCUT2D eigenvalue weighted by Gasteiger charge is 2.18. The zero-order valence-corrected chi connectivity index (χ0v) is 20.8. The summed E-state index contributed by atoms with van der Waals surface area (Å²) in [5, 5.41) is 4.28. The van der Waals surface area contributed by atoms with E-state index in [0.717, 1.165) is 6.42 Å². The molecule has 1 amide bonds. The molecule has 0 saturated heterocycles. The number of rotatable bonds is 11. The van der Waals surface area contributed by atoms with Crippen LogP contribution in [0.15, 0.2) is 76.7 Å². The molecule has 3 aromatic rings. The topological polar surface area (TPSA) is 103 Å². The number of hydrogen-bond acceptors (Lipinski definition) is 7. The fourth-order valence-electron chi connectivity index (χ4n) is 2.92. The number of carbonyl (C=O) groups excluding carboxylic acids is 1. The highest BCUT2D eigenvalue weighted by atomic mass is 35.5. The third kappa shape index (κ3) is 7.21. The van der Waals surface area contributed by atoms with Crippen LogP contribution in [0.5, 0.6) is 17.2 Å². The molecule has 184 valence electrons. The minimum absolute atomic E-state index is 0.00241. The quantitative estimate of drug-likeness (QED) is 0.217. The summed E-state index contributed by atoms with van der Waals surface area (Å²) in [6.45, 7) is 4.77. The van der Waals surface area contributed by atoms with E-state index in [-0.39, 0.29) is 16.2 Å². The molecule has 0 saturated carbocycles. The molecule has 0 aliphatic carbocycles. The maximum atomic E-state index is 12.6. The Balaban J connectivity index is 1.76. The molecule has 3 rings (SSSR count). The van der Waals surface area contributed by atoms with Gasteiger partial charge in [0.25, 0.3) is 5.91 Å². The summed E-state index contributed by atoms with van der Waals surface area (Å²) in [6, 6.07) is 16.9. The summed E-state index contributed by atoms with van der Waals surface area (Å²) in [5.41, 5.74) is 2.98. The minimum Gasteiger partial charge on any atom is -0.490 e. The van der Waals surface area contributed by atoms with Crippen LogP contribution in [-0.2, 0) is 10.1 Å². The average Bonchev–Trinajstić information content (AvgIpc) is 2.85. The number of nitrogens with zero attached hydrogens (tertiary/aromatic N) is 1. The van der Waals surface area contributed by atoms with Gasteiger partial charge >= 0.3 is 10.1 Å². The molecule has 1 N–H and O–H groups in total. The van der Waals surface area contributed by atoms with E-state index in [1.807, 2.05) is 13.8 Å². The first-order chi connectivity index (χ1) is 16.8. The lowest BCUT2D eigenvalue weighted by molar-refractivity contribution is 0.0954. The first-order valence-electron chi connectivity index (χ1n) is 10.9. The van der Waals surface area contributed by atoms with Crippen molar-refractivity contribution in [2.24, 2.45) is 5.10 Å².